The summed E-state index contributed by atoms with van der Waals surface area (Å²) in [4.78, 5) is 11.9. The Labute approximate surface area is 201 Å². The van der Waals surface area contributed by atoms with Gasteiger partial charge in [0.25, 0.3) is 0 Å². The van der Waals surface area contributed by atoms with Crippen LogP contribution in [0.5, 0.6) is 11.5 Å². The number of nitrogens with zero attached hydrogens (tertiary/aromatic N) is 2. The standard InChI is InChI=1S/C25H25ClN4O2S/c1-17-24(30-16-29-17)15-33-11-10-28-25-13-23(27)19(14-31-25)12-18-2-6-21(7-3-18)32-22-8-4-20(26)5-9-22/h2-9,13-14,16H,10-12,15,27H2,1H3,(H,29,30). The van der Waals surface area contributed by atoms with Crippen LogP contribution in [0.2, 0.25) is 5.02 Å². The van der Waals surface area contributed by atoms with Crippen molar-refractivity contribution in [3.63, 3.8) is 0 Å². The predicted octanol–water partition coefficient (Wildman–Crippen LogP) is 5.76. The van der Waals surface area contributed by atoms with Crippen molar-refractivity contribution in [2.75, 3.05) is 18.0 Å². The summed E-state index contributed by atoms with van der Waals surface area (Å²) in [6, 6.07) is 17.0. The van der Waals surface area contributed by atoms with Crippen molar-refractivity contribution < 1.29 is 9.15 Å². The van der Waals surface area contributed by atoms with Gasteiger partial charge in [-0.05, 0) is 48.9 Å². The third kappa shape index (κ3) is 6.66. The van der Waals surface area contributed by atoms with Crippen molar-refractivity contribution in [3.05, 3.63) is 100 Å². The Balaban J connectivity index is 1.29. The fourth-order valence-corrected chi connectivity index (χ4v) is 4.12. The van der Waals surface area contributed by atoms with Crippen LogP contribution >= 0.6 is 23.4 Å². The molecule has 0 bridgehead atoms. The minimum atomic E-state index is 0.541. The van der Waals surface area contributed by atoms with Gasteiger partial charge in [0, 0.05) is 46.0 Å². The van der Waals surface area contributed by atoms with E-state index in [9.17, 15) is 0 Å². The lowest BCUT2D eigenvalue weighted by Gasteiger charge is -2.08. The molecule has 3 N–H and O–H groups in total. The molecule has 0 saturated carbocycles. The zero-order valence-corrected chi connectivity index (χ0v) is 19.8. The fraction of sp³-hybridized carbons (Fsp3) is 0.200. The molecule has 33 heavy (non-hydrogen) atoms. The molecule has 0 saturated heterocycles. The molecule has 0 fully saturated rings. The Morgan fingerprint density at radius 3 is 2.52 bits per heavy atom. The molecule has 8 heteroatoms. The van der Waals surface area contributed by atoms with E-state index in [-0.39, 0.29) is 0 Å². The first-order valence-electron chi connectivity index (χ1n) is 10.5. The second-order valence-electron chi connectivity index (χ2n) is 7.48. The number of imidazole rings is 1. The number of benzene rings is 2. The maximum absolute atomic E-state index is 6.25. The first kappa shape index (κ1) is 23.0. The van der Waals surface area contributed by atoms with Crippen molar-refractivity contribution in [1.29, 1.82) is 0 Å². The first-order valence-corrected chi connectivity index (χ1v) is 12.1. The average molecular weight is 481 g/mol. The summed E-state index contributed by atoms with van der Waals surface area (Å²) in [7, 11) is 0. The van der Waals surface area contributed by atoms with Crippen molar-refractivity contribution in [2.24, 2.45) is 4.99 Å². The van der Waals surface area contributed by atoms with Crippen molar-refractivity contribution in [3.8, 4) is 11.5 Å². The summed E-state index contributed by atoms with van der Waals surface area (Å²) in [6.07, 6.45) is 4.07. The number of aromatic nitrogens is 2. The van der Waals surface area contributed by atoms with Crippen molar-refractivity contribution in [2.45, 2.75) is 19.1 Å². The number of H-pyrrole nitrogens is 1. The van der Waals surface area contributed by atoms with Gasteiger partial charge < -0.3 is 19.9 Å². The molecular formula is C25H25ClN4O2S. The molecule has 2 aromatic heterocycles. The van der Waals surface area contributed by atoms with E-state index in [2.05, 4.69) is 15.0 Å². The second kappa shape index (κ2) is 11.1. The van der Waals surface area contributed by atoms with E-state index in [4.69, 9.17) is 26.5 Å². The largest absolute Gasteiger partial charge is 0.457 e. The highest BCUT2D eigenvalue weighted by Crippen LogP contribution is 2.24. The molecule has 0 atom stereocenters. The molecule has 2 aromatic carbocycles. The minimum Gasteiger partial charge on any atom is -0.457 e. The van der Waals surface area contributed by atoms with Gasteiger partial charge in [0.2, 0.25) is 5.55 Å². The van der Waals surface area contributed by atoms with Crippen LogP contribution in [-0.4, -0.2) is 22.3 Å². The maximum Gasteiger partial charge on any atom is 0.215 e. The second-order valence-corrected chi connectivity index (χ2v) is 9.03. The molecule has 170 valence electrons. The van der Waals surface area contributed by atoms with E-state index >= 15 is 0 Å². The summed E-state index contributed by atoms with van der Waals surface area (Å²) in [6.45, 7) is 2.69. The van der Waals surface area contributed by atoms with E-state index in [0.717, 1.165) is 45.5 Å². The normalized spacial score (nSPS) is 11.6. The lowest BCUT2D eigenvalue weighted by molar-refractivity contribution is 0.482. The minimum absolute atomic E-state index is 0.541. The molecular weight excluding hydrogens is 456 g/mol. The van der Waals surface area contributed by atoms with Gasteiger partial charge in [-0.3, -0.25) is 4.99 Å². The van der Waals surface area contributed by atoms with Crippen LogP contribution in [0.3, 0.4) is 0 Å². The number of hydrogen-bond acceptors (Lipinski definition) is 6. The molecule has 0 radical (unpaired) electrons. The van der Waals surface area contributed by atoms with E-state index in [1.807, 2.05) is 43.3 Å². The third-order valence-electron chi connectivity index (χ3n) is 5.02. The molecule has 0 aliphatic rings. The SMILES string of the molecule is Cc1[nH]cnc1CSCCN=c1cc(N)c(Cc2ccc(Oc3ccc(Cl)cc3)cc2)co1. The number of nitrogens with two attached hydrogens (primary N) is 1. The van der Waals surface area contributed by atoms with E-state index < -0.39 is 0 Å². The Bertz CT molecular complexity index is 1250. The van der Waals surface area contributed by atoms with E-state index in [0.29, 0.717) is 29.2 Å². The van der Waals surface area contributed by atoms with Crippen molar-refractivity contribution >= 4 is 29.1 Å². The Morgan fingerprint density at radius 2 is 1.85 bits per heavy atom. The molecule has 0 amide bonds. The van der Waals surface area contributed by atoms with Crippen LogP contribution in [-0.2, 0) is 12.2 Å². The predicted molar refractivity (Wildman–Crippen MR) is 134 cm³/mol. The number of nitrogen functional groups attached to an aromatic ring is 1. The summed E-state index contributed by atoms with van der Waals surface area (Å²) in [5.41, 5.74) is 11.7. The highest BCUT2D eigenvalue weighted by Gasteiger charge is 2.05. The molecule has 0 aliphatic heterocycles. The van der Waals surface area contributed by atoms with E-state index in [1.54, 1.807) is 42.6 Å². The number of hydrogen-bond donors (Lipinski definition) is 2. The van der Waals surface area contributed by atoms with Gasteiger partial charge in [0.05, 0.1) is 24.8 Å². The molecule has 2 heterocycles. The van der Waals surface area contributed by atoms with Gasteiger partial charge in [-0.1, -0.05) is 23.7 Å². The summed E-state index contributed by atoms with van der Waals surface area (Å²) >= 11 is 7.70. The molecule has 0 unspecified atom stereocenters. The molecule has 4 rings (SSSR count). The van der Waals surface area contributed by atoms with Crippen molar-refractivity contribution in [1.82, 2.24) is 9.97 Å². The van der Waals surface area contributed by atoms with Gasteiger partial charge in [-0.25, -0.2) is 4.98 Å². The zero-order chi connectivity index (χ0) is 23.0. The van der Waals surface area contributed by atoms with Gasteiger partial charge in [0.15, 0.2) is 0 Å². The quantitative estimate of drug-likeness (QED) is 0.297. The smallest absolute Gasteiger partial charge is 0.215 e. The van der Waals surface area contributed by atoms with Crippen LogP contribution in [0.15, 0.2) is 76.6 Å². The molecule has 6 nitrogen and oxygen atoms in total. The number of ether oxygens (including phenoxy) is 1. The van der Waals surface area contributed by atoms with Gasteiger partial charge in [0.1, 0.15) is 11.5 Å². The monoisotopic (exact) mass is 480 g/mol. The molecule has 0 aliphatic carbocycles. The lowest BCUT2D eigenvalue weighted by Crippen LogP contribution is -2.07. The topological polar surface area (TPSA) is 89.4 Å². The molecule has 0 spiro atoms. The van der Waals surface area contributed by atoms with E-state index in [1.165, 1.54) is 0 Å². The Hall–Kier alpha value is -3.16. The van der Waals surface area contributed by atoms with Crippen LogP contribution in [0, 0.1) is 6.92 Å². The number of aromatic amines is 1. The maximum atomic E-state index is 6.25. The summed E-state index contributed by atoms with van der Waals surface area (Å²) in [5.74, 6) is 3.25. The number of thioether (sulfide) groups is 1. The fourth-order valence-electron chi connectivity index (χ4n) is 3.14. The van der Waals surface area contributed by atoms with Gasteiger partial charge >= 0.3 is 0 Å². The van der Waals surface area contributed by atoms with Crippen LogP contribution in [0.4, 0.5) is 5.69 Å². The zero-order valence-electron chi connectivity index (χ0n) is 18.3. The lowest BCUT2D eigenvalue weighted by atomic mass is 10.1. The Morgan fingerprint density at radius 1 is 1.12 bits per heavy atom. The van der Waals surface area contributed by atoms with Gasteiger partial charge in [-0.15, -0.1) is 0 Å². The number of halogens is 1. The summed E-state index contributed by atoms with van der Waals surface area (Å²) < 4.78 is 11.5. The van der Waals surface area contributed by atoms with Crippen LogP contribution in [0.25, 0.3) is 0 Å². The molecule has 4 aromatic rings. The highest BCUT2D eigenvalue weighted by molar-refractivity contribution is 7.98. The third-order valence-corrected chi connectivity index (χ3v) is 6.22. The number of nitrogens with one attached hydrogen (secondary N) is 1. The number of rotatable bonds is 9. The van der Waals surface area contributed by atoms with Crippen LogP contribution in [0.1, 0.15) is 22.5 Å². The highest BCUT2D eigenvalue weighted by atomic mass is 35.5. The Kier molecular flexibility index (Phi) is 7.75. The summed E-state index contributed by atoms with van der Waals surface area (Å²) in [5, 5.41) is 0.679. The average Bonchev–Trinajstić information content (AvgIpc) is 3.22. The van der Waals surface area contributed by atoms with Crippen LogP contribution < -0.4 is 16.0 Å². The van der Waals surface area contributed by atoms with Gasteiger partial charge in [-0.2, -0.15) is 11.8 Å². The number of anilines is 1. The first-order chi connectivity index (χ1) is 16.1. The number of aryl methyl sites for hydroxylation is 1.